The van der Waals surface area contributed by atoms with Gasteiger partial charge in [0, 0.05) is 17.6 Å². The maximum atomic E-state index is 13.1. The molecule has 1 heterocycles. The zero-order valence-electron chi connectivity index (χ0n) is 19.3. The second-order valence-electron chi connectivity index (χ2n) is 9.13. The summed E-state index contributed by atoms with van der Waals surface area (Å²) in [6.07, 6.45) is 2.88. The minimum atomic E-state index is -0.567. The van der Waals surface area contributed by atoms with Crippen molar-refractivity contribution in [2.75, 3.05) is 19.7 Å². The highest BCUT2D eigenvalue weighted by Crippen LogP contribution is 2.26. The van der Waals surface area contributed by atoms with Gasteiger partial charge in [-0.05, 0) is 69.7 Å². The average Bonchev–Trinajstić information content (AvgIpc) is 2.77. The Hall–Kier alpha value is -1.89. The molecule has 174 valence electrons. The van der Waals surface area contributed by atoms with Gasteiger partial charge in [0.2, 0.25) is 0 Å². The minimum absolute atomic E-state index is 0.249. The highest BCUT2D eigenvalue weighted by atomic mass is 79.9. The van der Waals surface area contributed by atoms with E-state index < -0.39 is 5.60 Å². The van der Waals surface area contributed by atoms with E-state index in [0.717, 1.165) is 41.3 Å². The van der Waals surface area contributed by atoms with Gasteiger partial charge in [0.05, 0.1) is 6.54 Å². The molecule has 0 bridgehead atoms. The molecule has 32 heavy (non-hydrogen) atoms. The number of nitrogens with zero attached hydrogens (tertiary/aromatic N) is 1. The van der Waals surface area contributed by atoms with Gasteiger partial charge >= 0.3 is 6.09 Å². The monoisotopic (exact) mass is 503 g/mol. The SMILES string of the molecule is CC(C)(C)OC(=O)N(CCc1ccc(Br)cc1)C[C@H](OC1CCCCO1)c1ccccc1. The lowest BCUT2D eigenvalue weighted by molar-refractivity contribution is -0.192. The maximum Gasteiger partial charge on any atom is 0.410 e. The van der Waals surface area contributed by atoms with Crippen molar-refractivity contribution in [1.82, 2.24) is 4.90 Å². The average molecular weight is 504 g/mol. The molecule has 1 amide bonds. The summed E-state index contributed by atoms with van der Waals surface area (Å²) in [6.45, 7) is 7.31. The van der Waals surface area contributed by atoms with E-state index in [2.05, 4.69) is 28.1 Å². The lowest BCUT2D eigenvalue weighted by Gasteiger charge is -2.33. The molecule has 1 aliphatic heterocycles. The van der Waals surface area contributed by atoms with Crippen LogP contribution in [0.3, 0.4) is 0 Å². The molecule has 1 unspecified atom stereocenters. The van der Waals surface area contributed by atoms with Crippen LogP contribution in [-0.4, -0.2) is 42.6 Å². The van der Waals surface area contributed by atoms with Gasteiger partial charge in [-0.2, -0.15) is 0 Å². The molecule has 5 nitrogen and oxygen atoms in total. The Bertz CT molecular complexity index is 829. The number of amides is 1. The molecule has 2 aromatic carbocycles. The van der Waals surface area contributed by atoms with Crippen molar-refractivity contribution in [2.24, 2.45) is 0 Å². The lowest BCUT2D eigenvalue weighted by atomic mass is 10.1. The smallest absolute Gasteiger partial charge is 0.410 e. The van der Waals surface area contributed by atoms with Crippen molar-refractivity contribution in [1.29, 1.82) is 0 Å². The van der Waals surface area contributed by atoms with Gasteiger partial charge < -0.3 is 19.1 Å². The first-order chi connectivity index (χ1) is 15.3. The zero-order chi connectivity index (χ0) is 23.0. The molecule has 2 atom stereocenters. The van der Waals surface area contributed by atoms with Crippen LogP contribution in [0.1, 0.15) is 57.3 Å². The fourth-order valence-electron chi connectivity index (χ4n) is 3.60. The van der Waals surface area contributed by atoms with Gasteiger partial charge in [0.15, 0.2) is 6.29 Å². The predicted molar refractivity (Wildman–Crippen MR) is 130 cm³/mol. The summed E-state index contributed by atoms with van der Waals surface area (Å²) >= 11 is 3.47. The second kappa shape index (κ2) is 11.8. The van der Waals surface area contributed by atoms with Gasteiger partial charge in [0.1, 0.15) is 11.7 Å². The first-order valence-corrected chi connectivity index (χ1v) is 12.1. The van der Waals surface area contributed by atoms with Crippen LogP contribution in [0.15, 0.2) is 59.1 Å². The summed E-state index contributed by atoms with van der Waals surface area (Å²) in [6, 6.07) is 18.2. The normalized spacial score (nSPS) is 17.6. The van der Waals surface area contributed by atoms with Crippen LogP contribution < -0.4 is 0 Å². The summed E-state index contributed by atoms with van der Waals surface area (Å²) in [5, 5.41) is 0. The number of ether oxygens (including phenoxy) is 3. The summed E-state index contributed by atoms with van der Waals surface area (Å²) in [7, 11) is 0. The second-order valence-corrected chi connectivity index (χ2v) is 10.1. The van der Waals surface area contributed by atoms with Crippen LogP contribution in [0.5, 0.6) is 0 Å². The van der Waals surface area contributed by atoms with Crippen LogP contribution in [-0.2, 0) is 20.6 Å². The molecular formula is C26H34BrNO4. The fraction of sp³-hybridized carbons (Fsp3) is 0.500. The number of carbonyl (C=O) groups excluding carboxylic acids is 1. The topological polar surface area (TPSA) is 48.0 Å². The largest absolute Gasteiger partial charge is 0.444 e. The minimum Gasteiger partial charge on any atom is -0.444 e. The fourth-order valence-corrected chi connectivity index (χ4v) is 3.86. The molecule has 1 aliphatic rings. The molecule has 0 aliphatic carbocycles. The molecule has 0 N–H and O–H groups in total. The van der Waals surface area contributed by atoms with E-state index in [4.69, 9.17) is 14.2 Å². The molecule has 1 fully saturated rings. The van der Waals surface area contributed by atoms with E-state index in [1.807, 2.05) is 63.2 Å². The standard InChI is InChI=1S/C26H34BrNO4/c1-26(2,3)32-25(29)28(17-16-20-12-14-22(27)15-13-20)19-23(21-9-5-4-6-10-21)31-24-11-7-8-18-30-24/h4-6,9-10,12-15,23-24H,7-8,11,16-19H2,1-3H3/t23-,24?/m0/s1. The van der Waals surface area contributed by atoms with Crippen molar-refractivity contribution >= 4 is 22.0 Å². The Morgan fingerprint density at radius 3 is 2.47 bits per heavy atom. The third-order valence-electron chi connectivity index (χ3n) is 5.25. The van der Waals surface area contributed by atoms with Crippen molar-refractivity contribution in [3.8, 4) is 0 Å². The van der Waals surface area contributed by atoms with Crippen molar-refractivity contribution in [3.63, 3.8) is 0 Å². The lowest BCUT2D eigenvalue weighted by Crippen LogP contribution is -2.41. The number of hydrogen-bond acceptors (Lipinski definition) is 4. The number of hydrogen-bond donors (Lipinski definition) is 0. The Labute approximate surface area is 200 Å². The number of carbonyl (C=O) groups is 1. The van der Waals surface area contributed by atoms with E-state index in [1.54, 1.807) is 4.90 Å². The highest BCUT2D eigenvalue weighted by Gasteiger charge is 2.28. The van der Waals surface area contributed by atoms with E-state index >= 15 is 0 Å². The Kier molecular flexibility index (Phi) is 9.14. The Morgan fingerprint density at radius 2 is 1.84 bits per heavy atom. The van der Waals surface area contributed by atoms with Gasteiger partial charge in [-0.3, -0.25) is 0 Å². The van der Waals surface area contributed by atoms with Gasteiger partial charge in [-0.1, -0.05) is 58.4 Å². The number of halogens is 1. The molecule has 0 saturated carbocycles. The van der Waals surface area contributed by atoms with Crippen molar-refractivity contribution in [3.05, 3.63) is 70.2 Å². The Balaban J connectivity index is 1.77. The third kappa shape index (κ3) is 8.23. The predicted octanol–water partition coefficient (Wildman–Crippen LogP) is 6.51. The van der Waals surface area contributed by atoms with Crippen LogP contribution in [0.25, 0.3) is 0 Å². The molecular weight excluding hydrogens is 470 g/mol. The van der Waals surface area contributed by atoms with E-state index in [1.165, 1.54) is 0 Å². The molecule has 3 rings (SSSR count). The maximum absolute atomic E-state index is 13.1. The van der Waals surface area contributed by atoms with E-state index in [-0.39, 0.29) is 18.5 Å². The van der Waals surface area contributed by atoms with Gasteiger partial charge in [-0.15, -0.1) is 0 Å². The summed E-state index contributed by atoms with van der Waals surface area (Å²) in [5.74, 6) is 0. The van der Waals surface area contributed by atoms with Gasteiger partial charge in [-0.25, -0.2) is 4.79 Å². The zero-order valence-corrected chi connectivity index (χ0v) is 20.8. The molecule has 2 aromatic rings. The van der Waals surface area contributed by atoms with E-state index in [0.29, 0.717) is 19.7 Å². The number of rotatable bonds is 8. The number of benzene rings is 2. The molecule has 0 spiro atoms. The first kappa shape index (κ1) is 24.7. The summed E-state index contributed by atoms with van der Waals surface area (Å²) in [4.78, 5) is 14.9. The molecule has 0 radical (unpaired) electrons. The molecule has 6 heteroatoms. The molecule has 1 saturated heterocycles. The summed E-state index contributed by atoms with van der Waals surface area (Å²) in [5.41, 5.74) is 1.62. The van der Waals surface area contributed by atoms with Gasteiger partial charge in [0.25, 0.3) is 0 Å². The molecule has 0 aromatic heterocycles. The highest BCUT2D eigenvalue weighted by molar-refractivity contribution is 9.10. The van der Waals surface area contributed by atoms with E-state index in [9.17, 15) is 4.79 Å². The van der Waals surface area contributed by atoms with Crippen LogP contribution in [0.2, 0.25) is 0 Å². The van der Waals surface area contributed by atoms with Crippen LogP contribution >= 0.6 is 15.9 Å². The van der Waals surface area contributed by atoms with Crippen molar-refractivity contribution in [2.45, 2.75) is 64.4 Å². The van der Waals surface area contributed by atoms with Crippen molar-refractivity contribution < 1.29 is 19.0 Å². The quantitative estimate of drug-likeness (QED) is 0.411. The third-order valence-corrected chi connectivity index (χ3v) is 5.78. The van der Waals surface area contributed by atoms with Crippen LogP contribution in [0, 0.1) is 0 Å². The first-order valence-electron chi connectivity index (χ1n) is 11.3. The Morgan fingerprint density at radius 1 is 1.12 bits per heavy atom. The summed E-state index contributed by atoms with van der Waals surface area (Å²) < 4.78 is 19.0. The van der Waals surface area contributed by atoms with Crippen LogP contribution in [0.4, 0.5) is 4.79 Å².